The van der Waals surface area contributed by atoms with Gasteiger partial charge in [0.05, 0.1) is 5.69 Å². The molecule has 0 saturated carbocycles. The fraction of sp³-hybridized carbons (Fsp3) is 0. The summed E-state index contributed by atoms with van der Waals surface area (Å²) >= 11 is 11.9. The van der Waals surface area contributed by atoms with E-state index in [2.05, 4.69) is 5.32 Å². The molecule has 2 aromatic rings. The van der Waals surface area contributed by atoms with E-state index in [4.69, 9.17) is 23.2 Å². The SMILES string of the molecule is O=C1NC(=O)N(c2ccccc2)C(=O)C1=Cc1ccc(Cl)cc1Cl. The van der Waals surface area contributed by atoms with Crippen molar-refractivity contribution in [1.29, 1.82) is 0 Å². The summed E-state index contributed by atoms with van der Waals surface area (Å²) in [5.41, 5.74) is 0.616. The molecule has 0 aliphatic carbocycles. The molecule has 2 aromatic carbocycles. The minimum absolute atomic E-state index is 0.192. The summed E-state index contributed by atoms with van der Waals surface area (Å²) in [6.45, 7) is 0. The van der Waals surface area contributed by atoms with Crippen LogP contribution in [-0.2, 0) is 9.59 Å². The van der Waals surface area contributed by atoms with Crippen molar-refractivity contribution in [3.63, 3.8) is 0 Å². The van der Waals surface area contributed by atoms with Gasteiger partial charge >= 0.3 is 6.03 Å². The first kappa shape index (κ1) is 16.2. The zero-order valence-electron chi connectivity index (χ0n) is 12.1. The Bertz CT molecular complexity index is 879. The summed E-state index contributed by atoms with van der Waals surface area (Å²) in [6, 6.07) is 12.2. The number of barbiturate groups is 1. The fourth-order valence-corrected chi connectivity index (χ4v) is 2.71. The molecular weight excluding hydrogens is 351 g/mol. The molecule has 0 atom stereocenters. The summed E-state index contributed by atoms with van der Waals surface area (Å²) in [5, 5.41) is 2.87. The van der Waals surface area contributed by atoms with Crippen molar-refractivity contribution in [3.8, 4) is 0 Å². The van der Waals surface area contributed by atoms with Gasteiger partial charge in [-0.05, 0) is 35.9 Å². The minimum Gasteiger partial charge on any atom is -0.273 e. The highest BCUT2D eigenvalue weighted by molar-refractivity contribution is 6.40. The maximum atomic E-state index is 12.6. The van der Waals surface area contributed by atoms with E-state index in [-0.39, 0.29) is 5.57 Å². The zero-order chi connectivity index (χ0) is 17.3. The predicted octanol–water partition coefficient (Wildman–Crippen LogP) is 3.66. The Kier molecular flexibility index (Phi) is 4.38. The van der Waals surface area contributed by atoms with Crippen molar-refractivity contribution in [2.45, 2.75) is 0 Å². The second-order valence-electron chi connectivity index (χ2n) is 4.96. The van der Waals surface area contributed by atoms with Gasteiger partial charge in [-0.2, -0.15) is 0 Å². The highest BCUT2D eigenvalue weighted by Gasteiger charge is 2.36. The molecule has 1 heterocycles. The molecule has 4 amide bonds. The Balaban J connectivity index is 2.04. The quantitative estimate of drug-likeness (QED) is 0.656. The Morgan fingerprint density at radius 2 is 1.67 bits per heavy atom. The number of hydrogen-bond acceptors (Lipinski definition) is 3. The van der Waals surface area contributed by atoms with E-state index in [1.807, 2.05) is 0 Å². The Morgan fingerprint density at radius 1 is 0.958 bits per heavy atom. The molecule has 0 unspecified atom stereocenters. The molecule has 1 N–H and O–H groups in total. The highest BCUT2D eigenvalue weighted by Crippen LogP contribution is 2.26. The van der Waals surface area contributed by atoms with Crippen molar-refractivity contribution in [2.24, 2.45) is 0 Å². The van der Waals surface area contributed by atoms with Crippen molar-refractivity contribution >= 4 is 52.8 Å². The van der Waals surface area contributed by atoms with Crippen LogP contribution in [0.2, 0.25) is 10.0 Å². The van der Waals surface area contributed by atoms with Crippen molar-refractivity contribution in [1.82, 2.24) is 5.32 Å². The van der Waals surface area contributed by atoms with E-state index in [0.29, 0.717) is 21.3 Å². The Morgan fingerprint density at radius 3 is 2.33 bits per heavy atom. The Labute approximate surface area is 147 Å². The number of nitrogens with zero attached hydrogens (tertiary/aromatic N) is 1. The molecule has 1 fully saturated rings. The van der Waals surface area contributed by atoms with Gasteiger partial charge in [-0.1, -0.05) is 47.5 Å². The lowest BCUT2D eigenvalue weighted by Crippen LogP contribution is -2.54. The number of benzene rings is 2. The van der Waals surface area contributed by atoms with Gasteiger partial charge in [0.2, 0.25) is 0 Å². The number of carbonyl (C=O) groups is 3. The molecular formula is C17H10Cl2N2O3. The van der Waals surface area contributed by atoms with Crippen LogP contribution in [0.5, 0.6) is 0 Å². The lowest BCUT2D eigenvalue weighted by molar-refractivity contribution is -0.122. The summed E-state index contributed by atoms with van der Waals surface area (Å²) < 4.78 is 0. The van der Waals surface area contributed by atoms with E-state index in [0.717, 1.165) is 4.90 Å². The molecule has 0 bridgehead atoms. The third kappa shape index (κ3) is 3.04. The van der Waals surface area contributed by atoms with E-state index in [9.17, 15) is 14.4 Å². The van der Waals surface area contributed by atoms with Crippen molar-refractivity contribution < 1.29 is 14.4 Å². The van der Waals surface area contributed by atoms with Crippen LogP contribution in [0.4, 0.5) is 10.5 Å². The number of hydrogen-bond donors (Lipinski definition) is 1. The molecule has 0 aromatic heterocycles. The predicted molar refractivity (Wildman–Crippen MR) is 91.9 cm³/mol. The van der Waals surface area contributed by atoms with Crippen LogP contribution in [0.15, 0.2) is 54.1 Å². The summed E-state index contributed by atoms with van der Waals surface area (Å²) in [7, 11) is 0. The number of para-hydroxylation sites is 1. The molecule has 5 nitrogen and oxygen atoms in total. The van der Waals surface area contributed by atoms with Crippen molar-refractivity contribution in [3.05, 3.63) is 69.7 Å². The third-order valence-electron chi connectivity index (χ3n) is 3.38. The number of rotatable bonds is 2. The molecule has 3 rings (SSSR count). The summed E-state index contributed by atoms with van der Waals surface area (Å²) in [5.74, 6) is -1.50. The van der Waals surface area contributed by atoms with E-state index in [1.165, 1.54) is 12.1 Å². The first-order valence-electron chi connectivity index (χ1n) is 6.89. The summed E-state index contributed by atoms with van der Waals surface area (Å²) in [4.78, 5) is 37.6. The van der Waals surface area contributed by atoms with Crippen LogP contribution in [0.1, 0.15) is 5.56 Å². The first-order valence-corrected chi connectivity index (χ1v) is 7.64. The smallest absolute Gasteiger partial charge is 0.273 e. The van der Waals surface area contributed by atoms with Gasteiger partial charge < -0.3 is 0 Å². The first-order chi connectivity index (χ1) is 11.5. The van der Waals surface area contributed by atoms with Gasteiger partial charge in [0.25, 0.3) is 11.8 Å². The number of halogens is 2. The summed E-state index contributed by atoms with van der Waals surface area (Å²) in [6.07, 6.45) is 1.33. The number of urea groups is 1. The lowest BCUT2D eigenvalue weighted by atomic mass is 10.1. The molecule has 120 valence electrons. The number of carbonyl (C=O) groups excluding carboxylic acids is 3. The maximum Gasteiger partial charge on any atom is 0.335 e. The zero-order valence-corrected chi connectivity index (χ0v) is 13.6. The molecule has 1 aliphatic rings. The normalized spacial score (nSPS) is 16.5. The van der Waals surface area contributed by atoms with E-state index >= 15 is 0 Å². The molecule has 7 heteroatoms. The van der Waals surface area contributed by atoms with Crippen LogP contribution < -0.4 is 10.2 Å². The van der Waals surface area contributed by atoms with Gasteiger partial charge in [0.15, 0.2) is 0 Å². The Hall–Kier alpha value is -2.63. The standard InChI is InChI=1S/C17H10Cl2N2O3/c18-11-7-6-10(14(19)9-11)8-13-15(22)20-17(24)21(16(13)23)12-4-2-1-3-5-12/h1-9H,(H,20,22,24). The number of nitrogens with one attached hydrogen (secondary N) is 1. The molecule has 1 saturated heterocycles. The van der Waals surface area contributed by atoms with Crippen LogP contribution in [0.3, 0.4) is 0 Å². The van der Waals surface area contributed by atoms with E-state index < -0.39 is 17.8 Å². The molecule has 1 aliphatic heterocycles. The van der Waals surface area contributed by atoms with Crippen LogP contribution in [0, 0.1) is 0 Å². The van der Waals surface area contributed by atoms with Crippen molar-refractivity contribution in [2.75, 3.05) is 4.90 Å². The minimum atomic E-state index is -0.796. The fourth-order valence-electron chi connectivity index (χ4n) is 2.24. The maximum absolute atomic E-state index is 12.6. The van der Waals surface area contributed by atoms with Crippen LogP contribution in [-0.4, -0.2) is 17.8 Å². The van der Waals surface area contributed by atoms with Gasteiger partial charge in [0, 0.05) is 10.0 Å². The second-order valence-corrected chi connectivity index (χ2v) is 5.80. The van der Waals surface area contributed by atoms with Crippen LogP contribution in [0.25, 0.3) is 6.08 Å². The topological polar surface area (TPSA) is 66.5 Å². The molecule has 24 heavy (non-hydrogen) atoms. The average molecular weight is 361 g/mol. The molecule has 0 spiro atoms. The molecule has 0 radical (unpaired) electrons. The second kappa shape index (κ2) is 6.47. The van der Waals surface area contributed by atoms with Gasteiger partial charge in [-0.3, -0.25) is 14.9 Å². The number of imide groups is 2. The van der Waals surface area contributed by atoms with Gasteiger partial charge in [-0.15, -0.1) is 0 Å². The number of amides is 4. The van der Waals surface area contributed by atoms with Gasteiger partial charge in [-0.25, -0.2) is 9.69 Å². The average Bonchev–Trinajstić information content (AvgIpc) is 2.54. The van der Waals surface area contributed by atoms with Crippen LogP contribution >= 0.6 is 23.2 Å². The van der Waals surface area contributed by atoms with E-state index in [1.54, 1.807) is 42.5 Å². The largest absolute Gasteiger partial charge is 0.335 e. The number of anilines is 1. The monoisotopic (exact) mass is 360 g/mol. The van der Waals surface area contributed by atoms with Gasteiger partial charge in [0.1, 0.15) is 5.57 Å². The lowest BCUT2D eigenvalue weighted by Gasteiger charge is -2.26. The highest BCUT2D eigenvalue weighted by atomic mass is 35.5. The third-order valence-corrected chi connectivity index (χ3v) is 3.94.